The van der Waals surface area contributed by atoms with E-state index in [-0.39, 0.29) is 11.3 Å². The van der Waals surface area contributed by atoms with Gasteiger partial charge >= 0.3 is 0 Å². The minimum Gasteiger partial charge on any atom is -0.481 e. The van der Waals surface area contributed by atoms with E-state index in [0.29, 0.717) is 48.7 Å². The van der Waals surface area contributed by atoms with Crippen LogP contribution in [0.3, 0.4) is 0 Å². The van der Waals surface area contributed by atoms with Gasteiger partial charge in [0.25, 0.3) is 0 Å². The fraction of sp³-hybridized carbons (Fsp3) is 0.526. The highest BCUT2D eigenvalue weighted by Gasteiger charge is 2.31. The summed E-state index contributed by atoms with van der Waals surface area (Å²) in [6.45, 7) is 4.04. The second-order valence-corrected chi connectivity index (χ2v) is 10.1. The summed E-state index contributed by atoms with van der Waals surface area (Å²) in [7, 11) is -0.813. The van der Waals surface area contributed by atoms with Crippen molar-refractivity contribution in [2.24, 2.45) is 4.36 Å². The van der Waals surface area contributed by atoms with E-state index in [2.05, 4.69) is 26.2 Å². The Morgan fingerprint density at radius 2 is 2.07 bits per heavy atom. The maximum absolute atomic E-state index is 13.0. The normalized spacial score (nSPS) is 21.5. The summed E-state index contributed by atoms with van der Waals surface area (Å²) < 4.78 is 28.3. The lowest BCUT2D eigenvalue weighted by atomic mass is 10.2. The number of nitrogens with zero attached hydrogens (tertiary/aromatic N) is 5. The van der Waals surface area contributed by atoms with E-state index in [0.717, 1.165) is 18.7 Å². The lowest BCUT2D eigenvalue weighted by Gasteiger charge is -2.34. The molecule has 2 atom stereocenters. The molecule has 0 radical (unpaired) electrons. The largest absolute Gasteiger partial charge is 0.481 e. The molecule has 1 aliphatic heterocycles. The topological polar surface area (TPSA) is 116 Å². The first-order valence-electron chi connectivity index (χ1n) is 9.62. The molecule has 4 rings (SSSR count). The molecule has 2 aliphatic rings. The molecule has 2 aromatic heterocycles. The molecule has 1 saturated carbocycles. The second kappa shape index (κ2) is 7.75. The molecular formula is C19H26N6O3S. The van der Waals surface area contributed by atoms with Crippen molar-refractivity contribution in [3.05, 3.63) is 18.2 Å². The molecule has 10 heteroatoms. The van der Waals surface area contributed by atoms with E-state index >= 15 is 0 Å². The van der Waals surface area contributed by atoms with Crippen molar-refractivity contribution >= 4 is 27.2 Å². The van der Waals surface area contributed by atoms with Crippen molar-refractivity contribution in [1.82, 2.24) is 15.0 Å². The Balaban J connectivity index is 1.84. The minimum atomic E-state index is -2.34. The molecule has 2 aromatic rings. The summed E-state index contributed by atoms with van der Waals surface area (Å²) in [5.74, 6) is 2.27. The Morgan fingerprint density at radius 1 is 1.28 bits per heavy atom. The monoisotopic (exact) mass is 418 g/mol. The highest BCUT2D eigenvalue weighted by Crippen LogP contribution is 2.33. The van der Waals surface area contributed by atoms with Gasteiger partial charge in [0.05, 0.1) is 36.1 Å². The van der Waals surface area contributed by atoms with Crippen LogP contribution in [-0.2, 0) is 14.5 Å². The summed E-state index contributed by atoms with van der Waals surface area (Å²) in [5.41, 5.74) is 6.59. The Hall–Kier alpha value is -2.46. The molecule has 156 valence electrons. The van der Waals surface area contributed by atoms with Crippen LogP contribution in [0.5, 0.6) is 5.88 Å². The highest BCUT2D eigenvalue weighted by atomic mass is 32.2. The van der Waals surface area contributed by atoms with Gasteiger partial charge in [-0.1, -0.05) is 0 Å². The predicted octanol–water partition coefficient (Wildman–Crippen LogP) is 2.25. The van der Waals surface area contributed by atoms with E-state index in [9.17, 15) is 4.21 Å². The minimum absolute atomic E-state index is 0.142. The number of nitrogen functional groups attached to an aromatic ring is 1. The highest BCUT2D eigenvalue weighted by molar-refractivity contribution is 7.93. The molecule has 29 heavy (non-hydrogen) atoms. The number of nitrogens with two attached hydrogens (primary N) is 1. The lowest BCUT2D eigenvalue weighted by molar-refractivity contribution is 0.0985. The Morgan fingerprint density at radius 3 is 2.76 bits per heavy atom. The van der Waals surface area contributed by atoms with Gasteiger partial charge in [0.1, 0.15) is 11.6 Å². The van der Waals surface area contributed by atoms with Gasteiger partial charge in [-0.3, -0.25) is 0 Å². The van der Waals surface area contributed by atoms with E-state index in [4.69, 9.17) is 20.2 Å². The van der Waals surface area contributed by atoms with Crippen LogP contribution in [0.2, 0.25) is 0 Å². The number of aromatic nitrogens is 3. The van der Waals surface area contributed by atoms with E-state index in [1.807, 2.05) is 0 Å². The second-order valence-electron chi connectivity index (χ2n) is 7.50. The predicted molar refractivity (Wildman–Crippen MR) is 113 cm³/mol. The first-order chi connectivity index (χ1) is 13.9. The summed E-state index contributed by atoms with van der Waals surface area (Å²) in [6, 6.07) is 5.38. The molecule has 0 bridgehead atoms. The number of hydrogen-bond acceptors (Lipinski definition) is 9. The SMILES string of the molecule is COc1cc(-c2nc(N=[S@](C)(=O)C3CC3)cc(N3CCOC[C@H]3C)n2)cc(N)n1. The number of morpholine rings is 1. The number of anilines is 2. The van der Waals surface area contributed by atoms with Crippen LogP contribution >= 0.6 is 0 Å². The average molecular weight is 419 g/mol. The van der Waals surface area contributed by atoms with Crippen LogP contribution < -0.4 is 15.4 Å². The van der Waals surface area contributed by atoms with Gasteiger partial charge in [0.2, 0.25) is 5.88 Å². The van der Waals surface area contributed by atoms with Gasteiger partial charge < -0.3 is 20.1 Å². The van der Waals surface area contributed by atoms with Crippen LogP contribution in [0.1, 0.15) is 19.8 Å². The van der Waals surface area contributed by atoms with Crippen LogP contribution in [0.25, 0.3) is 11.4 Å². The van der Waals surface area contributed by atoms with Crippen molar-refractivity contribution in [1.29, 1.82) is 0 Å². The number of hydrogen-bond donors (Lipinski definition) is 1. The first-order valence-corrected chi connectivity index (χ1v) is 11.6. The summed E-state index contributed by atoms with van der Waals surface area (Å²) >= 11 is 0. The fourth-order valence-electron chi connectivity index (χ4n) is 3.34. The third kappa shape index (κ3) is 4.43. The lowest BCUT2D eigenvalue weighted by Crippen LogP contribution is -2.44. The third-order valence-corrected chi connectivity index (χ3v) is 7.33. The van der Waals surface area contributed by atoms with Gasteiger partial charge in [-0.05, 0) is 25.8 Å². The summed E-state index contributed by atoms with van der Waals surface area (Å²) in [4.78, 5) is 15.6. The standard InChI is InChI=1S/C19H26N6O3S/c1-12-11-28-7-6-25(12)17-10-16(24-29(3,26)14-4-5-14)22-19(23-17)13-8-15(20)21-18(9-13)27-2/h8-10,12,14H,4-7,11H2,1-3H3,(H2,20,21)/t12-,29-/m1/s1. The Bertz CT molecular complexity index is 1030. The molecule has 2 N–H and O–H groups in total. The molecule has 0 amide bonds. The van der Waals surface area contributed by atoms with Gasteiger partial charge in [-0.25, -0.2) is 14.2 Å². The smallest absolute Gasteiger partial charge is 0.215 e. The molecule has 0 unspecified atom stereocenters. The van der Waals surface area contributed by atoms with Gasteiger partial charge in [0.15, 0.2) is 11.6 Å². The van der Waals surface area contributed by atoms with E-state index in [1.165, 1.54) is 7.11 Å². The number of rotatable bonds is 5. The number of ether oxygens (including phenoxy) is 2. The van der Waals surface area contributed by atoms with Crippen molar-refractivity contribution in [2.45, 2.75) is 31.1 Å². The van der Waals surface area contributed by atoms with Crippen LogP contribution in [0, 0.1) is 0 Å². The Labute approximate surface area is 170 Å². The zero-order chi connectivity index (χ0) is 20.6. The van der Waals surface area contributed by atoms with Crippen molar-refractivity contribution in [3.63, 3.8) is 0 Å². The maximum atomic E-state index is 13.0. The molecule has 0 aromatic carbocycles. The van der Waals surface area contributed by atoms with Crippen LogP contribution in [0.15, 0.2) is 22.6 Å². The summed E-state index contributed by atoms with van der Waals surface area (Å²) in [6.07, 6.45) is 3.60. The average Bonchev–Trinajstić information content (AvgIpc) is 3.53. The first kappa shape index (κ1) is 19.8. The van der Waals surface area contributed by atoms with Crippen LogP contribution in [0.4, 0.5) is 17.5 Å². The Kier molecular flexibility index (Phi) is 5.30. The molecular weight excluding hydrogens is 392 g/mol. The number of methoxy groups -OCH3 is 1. The van der Waals surface area contributed by atoms with Crippen LogP contribution in [-0.4, -0.2) is 63.6 Å². The summed E-state index contributed by atoms with van der Waals surface area (Å²) in [5, 5.41) is 0.142. The quantitative estimate of drug-likeness (QED) is 0.786. The molecule has 3 heterocycles. The van der Waals surface area contributed by atoms with Gasteiger partial charge in [-0.2, -0.15) is 9.35 Å². The molecule has 1 saturated heterocycles. The fourth-order valence-corrected chi connectivity index (χ4v) is 4.96. The van der Waals surface area contributed by atoms with Crippen molar-refractivity contribution in [3.8, 4) is 17.3 Å². The zero-order valence-corrected chi connectivity index (χ0v) is 17.7. The maximum Gasteiger partial charge on any atom is 0.215 e. The third-order valence-electron chi connectivity index (χ3n) is 5.07. The van der Waals surface area contributed by atoms with Gasteiger partial charge in [0, 0.05) is 35.7 Å². The molecule has 9 nitrogen and oxygen atoms in total. The molecule has 2 fully saturated rings. The molecule has 1 aliphatic carbocycles. The number of pyridine rings is 1. The van der Waals surface area contributed by atoms with Crippen molar-refractivity contribution < 1.29 is 13.7 Å². The zero-order valence-electron chi connectivity index (χ0n) is 16.9. The van der Waals surface area contributed by atoms with E-state index < -0.39 is 9.73 Å². The molecule has 0 spiro atoms. The van der Waals surface area contributed by atoms with Gasteiger partial charge in [-0.15, -0.1) is 0 Å². The van der Waals surface area contributed by atoms with Crippen molar-refractivity contribution in [2.75, 3.05) is 43.8 Å². The van der Waals surface area contributed by atoms with E-state index in [1.54, 1.807) is 24.5 Å².